The van der Waals surface area contributed by atoms with Crippen LogP contribution < -0.4 is 4.74 Å². The Kier molecular flexibility index (Phi) is 4.03. The highest BCUT2D eigenvalue weighted by Crippen LogP contribution is 2.43. The molecular formula is C16H20N2O5S. The summed E-state index contributed by atoms with van der Waals surface area (Å²) in [7, 11) is -1.95. The number of nitrogens with zero attached hydrogens (tertiary/aromatic N) is 2. The summed E-state index contributed by atoms with van der Waals surface area (Å²) in [6, 6.07) is 7.47. The first-order valence-electron chi connectivity index (χ1n) is 7.68. The summed E-state index contributed by atoms with van der Waals surface area (Å²) in [5.41, 5.74) is 0.268. The molecule has 1 aromatic rings. The molecule has 2 saturated heterocycles. The van der Waals surface area contributed by atoms with Crippen LogP contribution in [0.3, 0.4) is 0 Å². The molecule has 2 heterocycles. The molecule has 2 fully saturated rings. The highest BCUT2D eigenvalue weighted by Gasteiger charge is 2.56. The number of ether oxygens (including phenoxy) is 1. The molecule has 2 aliphatic rings. The molecule has 7 nitrogen and oxygen atoms in total. The van der Waals surface area contributed by atoms with E-state index in [4.69, 9.17) is 4.74 Å². The van der Waals surface area contributed by atoms with Crippen molar-refractivity contribution in [2.45, 2.75) is 19.4 Å². The van der Waals surface area contributed by atoms with E-state index in [0.717, 1.165) is 21.9 Å². The normalized spacial score (nSPS) is 24.2. The number of rotatable bonds is 4. The fraction of sp³-hybridized carbons (Fsp3) is 0.500. The summed E-state index contributed by atoms with van der Waals surface area (Å²) >= 11 is 0. The van der Waals surface area contributed by atoms with Crippen LogP contribution in [0.15, 0.2) is 24.3 Å². The van der Waals surface area contributed by atoms with Crippen molar-refractivity contribution in [2.75, 3.05) is 26.5 Å². The quantitative estimate of drug-likeness (QED) is 0.741. The average Bonchev–Trinajstić information content (AvgIpc) is 2.53. The van der Waals surface area contributed by atoms with Crippen LogP contribution in [0.4, 0.5) is 0 Å². The largest absolute Gasteiger partial charge is 0.497 e. The topological polar surface area (TPSA) is 84.0 Å². The second kappa shape index (κ2) is 5.77. The monoisotopic (exact) mass is 352 g/mol. The molecule has 1 spiro atoms. The zero-order chi connectivity index (χ0) is 17.5. The van der Waals surface area contributed by atoms with E-state index in [-0.39, 0.29) is 18.9 Å². The van der Waals surface area contributed by atoms with E-state index in [1.54, 1.807) is 12.0 Å². The van der Waals surface area contributed by atoms with Gasteiger partial charge in [0.2, 0.25) is 21.8 Å². The summed E-state index contributed by atoms with van der Waals surface area (Å²) in [5.74, 6) is 0.199. The standard InChI is InChI=1S/C16H20N2O5S/c1-23-13-5-3-12(4-6-13)10-17-11-16(15(17)20)7-8-18(14(19)9-16)24(2,21)22/h3-6H,7-11H2,1-2H3. The van der Waals surface area contributed by atoms with Crippen molar-refractivity contribution in [2.24, 2.45) is 5.41 Å². The van der Waals surface area contributed by atoms with E-state index in [1.807, 2.05) is 24.3 Å². The third kappa shape index (κ3) is 2.86. The van der Waals surface area contributed by atoms with E-state index >= 15 is 0 Å². The summed E-state index contributed by atoms with van der Waals surface area (Å²) in [6.07, 6.45) is 1.38. The number of sulfonamides is 1. The van der Waals surface area contributed by atoms with Crippen molar-refractivity contribution in [1.82, 2.24) is 9.21 Å². The molecule has 1 unspecified atom stereocenters. The second-order valence-corrected chi connectivity index (χ2v) is 8.35. The molecule has 0 aliphatic carbocycles. The van der Waals surface area contributed by atoms with Gasteiger partial charge in [0.1, 0.15) is 5.75 Å². The van der Waals surface area contributed by atoms with Crippen LogP contribution in [0.5, 0.6) is 5.75 Å². The molecule has 8 heteroatoms. The van der Waals surface area contributed by atoms with Gasteiger partial charge in [-0.05, 0) is 24.1 Å². The maximum absolute atomic E-state index is 12.5. The second-order valence-electron chi connectivity index (χ2n) is 6.45. The van der Waals surface area contributed by atoms with Gasteiger partial charge in [-0.1, -0.05) is 12.1 Å². The number of carbonyl (C=O) groups excluding carboxylic acids is 2. The summed E-state index contributed by atoms with van der Waals surface area (Å²) < 4.78 is 29.1. The van der Waals surface area contributed by atoms with Crippen molar-refractivity contribution < 1.29 is 22.7 Å². The number of β-lactam (4-membered cyclic amide) rings is 1. The van der Waals surface area contributed by atoms with E-state index in [0.29, 0.717) is 19.5 Å². The number of amides is 2. The first-order chi connectivity index (χ1) is 11.2. The molecule has 0 radical (unpaired) electrons. The van der Waals surface area contributed by atoms with Crippen LogP contribution in [0, 0.1) is 5.41 Å². The van der Waals surface area contributed by atoms with Crippen molar-refractivity contribution >= 4 is 21.8 Å². The van der Waals surface area contributed by atoms with Crippen LogP contribution in [0.1, 0.15) is 18.4 Å². The number of likely N-dealkylation sites (tertiary alicyclic amines) is 1. The Balaban J connectivity index is 1.64. The Morgan fingerprint density at radius 3 is 2.38 bits per heavy atom. The Bertz CT molecular complexity index is 774. The van der Waals surface area contributed by atoms with Gasteiger partial charge < -0.3 is 9.64 Å². The van der Waals surface area contributed by atoms with Gasteiger partial charge in [0, 0.05) is 26.1 Å². The third-order valence-electron chi connectivity index (χ3n) is 4.73. The lowest BCUT2D eigenvalue weighted by Crippen LogP contribution is -2.65. The average molecular weight is 352 g/mol. The lowest BCUT2D eigenvalue weighted by atomic mass is 9.71. The first-order valence-corrected chi connectivity index (χ1v) is 9.53. The number of hydrogen-bond donors (Lipinski definition) is 0. The highest BCUT2D eigenvalue weighted by atomic mass is 32.2. The van der Waals surface area contributed by atoms with Crippen molar-refractivity contribution in [3.8, 4) is 5.75 Å². The lowest BCUT2D eigenvalue weighted by molar-refractivity contribution is -0.169. The molecule has 0 aromatic heterocycles. The maximum atomic E-state index is 12.5. The van der Waals surface area contributed by atoms with E-state index in [9.17, 15) is 18.0 Å². The molecule has 2 amide bonds. The van der Waals surface area contributed by atoms with Gasteiger partial charge in [0.15, 0.2) is 0 Å². The SMILES string of the molecule is COc1ccc(CN2CC3(CCN(S(C)(=O)=O)C(=O)C3)C2=O)cc1. The Morgan fingerprint density at radius 1 is 1.21 bits per heavy atom. The maximum Gasteiger partial charge on any atom is 0.237 e. The molecule has 24 heavy (non-hydrogen) atoms. The molecule has 0 bridgehead atoms. The Morgan fingerprint density at radius 2 is 1.88 bits per heavy atom. The molecule has 2 aliphatic heterocycles. The summed E-state index contributed by atoms with van der Waals surface area (Å²) in [4.78, 5) is 26.3. The first kappa shape index (κ1) is 16.8. The van der Waals surface area contributed by atoms with Gasteiger partial charge in [-0.3, -0.25) is 9.59 Å². The number of carbonyl (C=O) groups is 2. The molecular weight excluding hydrogens is 332 g/mol. The van der Waals surface area contributed by atoms with Crippen LogP contribution in [0.25, 0.3) is 0 Å². The van der Waals surface area contributed by atoms with Gasteiger partial charge in [-0.15, -0.1) is 0 Å². The fourth-order valence-corrected chi connectivity index (χ4v) is 4.26. The minimum absolute atomic E-state index is 0.0297. The van der Waals surface area contributed by atoms with Crippen LogP contribution in [-0.4, -0.2) is 55.9 Å². The van der Waals surface area contributed by atoms with Gasteiger partial charge in [0.25, 0.3) is 0 Å². The van der Waals surface area contributed by atoms with Gasteiger partial charge in [-0.2, -0.15) is 0 Å². The van der Waals surface area contributed by atoms with Crippen molar-refractivity contribution in [3.63, 3.8) is 0 Å². The molecule has 0 saturated carbocycles. The predicted octanol–water partition coefficient (Wildman–Crippen LogP) is 0.606. The fourth-order valence-electron chi connectivity index (χ4n) is 3.40. The smallest absolute Gasteiger partial charge is 0.237 e. The minimum Gasteiger partial charge on any atom is -0.497 e. The molecule has 1 atom stereocenters. The number of piperidine rings is 1. The van der Waals surface area contributed by atoms with Crippen LogP contribution >= 0.6 is 0 Å². The minimum atomic E-state index is -3.55. The van der Waals surface area contributed by atoms with E-state index in [2.05, 4.69) is 0 Å². The summed E-state index contributed by atoms with van der Waals surface area (Å²) in [5, 5.41) is 0. The van der Waals surface area contributed by atoms with Gasteiger partial charge in [0.05, 0.1) is 18.8 Å². The number of benzene rings is 1. The molecule has 0 N–H and O–H groups in total. The van der Waals surface area contributed by atoms with Gasteiger partial charge in [-0.25, -0.2) is 12.7 Å². The summed E-state index contributed by atoms with van der Waals surface area (Å²) in [6.45, 7) is 1.05. The Hall–Kier alpha value is -2.09. The van der Waals surface area contributed by atoms with Crippen molar-refractivity contribution in [1.29, 1.82) is 0 Å². The van der Waals surface area contributed by atoms with Crippen molar-refractivity contribution in [3.05, 3.63) is 29.8 Å². The number of methoxy groups -OCH3 is 1. The highest BCUT2D eigenvalue weighted by molar-refractivity contribution is 7.88. The van der Waals surface area contributed by atoms with Gasteiger partial charge >= 0.3 is 0 Å². The lowest BCUT2D eigenvalue weighted by Gasteiger charge is -2.51. The zero-order valence-electron chi connectivity index (χ0n) is 13.7. The van der Waals surface area contributed by atoms with E-state index in [1.165, 1.54) is 0 Å². The van der Waals surface area contributed by atoms with Crippen LogP contribution in [-0.2, 0) is 26.2 Å². The van der Waals surface area contributed by atoms with Crippen LogP contribution in [0.2, 0.25) is 0 Å². The van der Waals surface area contributed by atoms with E-state index < -0.39 is 21.3 Å². The third-order valence-corrected chi connectivity index (χ3v) is 5.92. The Labute approximate surface area is 141 Å². The molecule has 3 rings (SSSR count). The number of hydrogen-bond acceptors (Lipinski definition) is 5. The zero-order valence-corrected chi connectivity index (χ0v) is 14.5. The molecule has 1 aromatic carbocycles. The predicted molar refractivity (Wildman–Crippen MR) is 86.6 cm³/mol. The molecule has 130 valence electrons.